The van der Waals surface area contributed by atoms with Crippen LogP contribution in [0, 0.1) is 11.3 Å². The predicted octanol–water partition coefficient (Wildman–Crippen LogP) is 9.96. The summed E-state index contributed by atoms with van der Waals surface area (Å²) in [7, 11) is 0. The molecule has 42 heavy (non-hydrogen) atoms. The van der Waals surface area contributed by atoms with E-state index in [9.17, 15) is 0 Å². The zero-order chi connectivity index (χ0) is 28.0. The van der Waals surface area contributed by atoms with Crippen molar-refractivity contribution >= 4 is 43.4 Å². The van der Waals surface area contributed by atoms with Gasteiger partial charge in [-0.2, -0.15) is 5.26 Å². The summed E-state index contributed by atoms with van der Waals surface area (Å²) >= 11 is 0. The molecular formula is C39H23N3. The zero-order valence-electron chi connectivity index (χ0n) is 22.6. The van der Waals surface area contributed by atoms with Crippen LogP contribution in [0.25, 0.3) is 76.9 Å². The second-order valence-corrected chi connectivity index (χ2v) is 10.6. The Morgan fingerprint density at radius 2 is 1.12 bits per heavy atom. The number of nitrogens with zero attached hydrogens (tertiary/aromatic N) is 3. The minimum absolute atomic E-state index is 0.666. The SMILES string of the molecule is N#Cc1ccc(-c2ccc3ccc(-c4cc(-c5ccc6ccc7cccnc7c6n5)c5ccccc5c4)cc3c2)cc1. The van der Waals surface area contributed by atoms with Gasteiger partial charge in [-0.25, -0.2) is 4.98 Å². The summed E-state index contributed by atoms with van der Waals surface area (Å²) in [6.07, 6.45) is 1.83. The number of aromatic nitrogens is 2. The third-order valence-corrected chi connectivity index (χ3v) is 8.09. The van der Waals surface area contributed by atoms with E-state index in [4.69, 9.17) is 10.2 Å². The summed E-state index contributed by atoms with van der Waals surface area (Å²) in [6, 6.07) is 48.7. The van der Waals surface area contributed by atoms with Gasteiger partial charge in [-0.15, -0.1) is 0 Å². The van der Waals surface area contributed by atoms with E-state index in [0.29, 0.717) is 5.56 Å². The van der Waals surface area contributed by atoms with Gasteiger partial charge in [0.15, 0.2) is 0 Å². The Kier molecular flexibility index (Phi) is 5.52. The quantitative estimate of drug-likeness (QED) is 0.212. The van der Waals surface area contributed by atoms with Crippen LogP contribution in [0.1, 0.15) is 5.56 Å². The largest absolute Gasteiger partial charge is 0.254 e. The number of hydrogen-bond acceptors (Lipinski definition) is 3. The van der Waals surface area contributed by atoms with Crippen LogP contribution in [-0.4, -0.2) is 9.97 Å². The summed E-state index contributed by atoms with van der Waals surface area (Å²) in [6.45, 7) is 0. The normalized spacial score (nSPS) is 11.3. The van der Waals surface area contributed by atoms with Crippen LogP contribution in [0.5, 0.6) is 0 Å². The van der Waals surface area contributed by atoms with Crippen molar-refractivity contribution in [2.24, 2.45) is 0 Å². The molecule has 0 N–H and O–H groups in total. The molecule has 0 aliphatic heterocycles. The van der Waals surface area contributed by atoms with Crippen LogP contribution >= 0.6 is 0 Å². The summed E-state index contributed by atoms with van der Waals surface area (Å²) < 4.78 is 0. The molecule has 0 aliphatic carbocycles. The second kappa shape index (κ2) is 9.66. The van der Waals surface area contributed by atoms with Crippen LogP contribution < -0.4 is 0 Å². The second-order valence-electron chi connectivity index (χ2n) is 10.6. The third kappa shape index (κ3) is 4.06. The molecule has 2 aromatic heterocycles. The molecule has 0 bridgehead atoms. The van der Waals surface area contributed by atoms with Crippen LogP contribution in [0.2, 0.25) is 0 Å². The van der Waals surface area contributed by atoms with Crippen molar-refractivity contribution in [2.45, 2.75) is 0 Å². The van der Waals surface area contributed by atoms with Gasteiger partial charge in [0.05, 0.1) is 28.4 Å². The standard InChI is InChI=1S/C39H23N3/c40-24-25-7-9-26(10-8-25)30-15-11-27-12-16-31(21-33(27)20-30)34-22-32-4-1-2-6-35(32)36(23-34)37-18-17-29-14-13-28-5-3-19-41-38(28)39(29)42-37/h1-23H. The van der Waals surface area contributed by atoms with Crippen molar-refractivity contribution in [3.63, 3.8) is 0 Å². The highest BCUT2D eigenvalue weighted by molar-refractivity contribution is 6.05. The van der Waals surface area contributed by atoms with Gasteiger partial charge in [-0.05, 0) is 92.3 Å². The first-order chi connectivity index (χ1) is 20.7. The van der Waals surface area contributed by atoms with Crippen LogP contribution in [0.15, 0.2) is 140 Å². The van der Waals surface area contributed by atoms with E-state index in [-0.39, 0.29) is 0 Å². The molecule has 194 valence electrons. The first-order valence-corrected chi connectivity index (χ1v) is 14.0. The first-order valence-electron chi connectivity index (χ1n) is 14.0. The molecule has 3 nitrogen and oxygen atoms in total. The minimum Gasteiger partial charge on any atom is -0.254 e. The number of fused-ring (bicyclic) bond motifs is 5. The smallest absolute Gasteiger partial charge is 0.0991 e. The van der Waals surface area contributed by atoms with Crippen molar-refractivity contribution in [1.29, 1.82) is 5.26 Å². The molecule has 8 rings (SSSR count). The minimum atomic E-state index is 0.666. The van der Waals surface area contributed by atoms with Gasteiger partial charge < -0.3 is 0 Å². The molecule has 0 atom stereocenters. The summed E-state index contributed by atoms with van der Waals surface area (Å²) in [5, 5.41) is 16.0. The van der Waals surface area contributed by atoms with E-state index < -0.39 is 0 Å². The summed E-state index contributed by atoms with van der Waals surface area (Å²) in [5.74, 6) is 0. The van der Waals surface area contributed by atoms with Crippen molar-refractivity contribution in [3.05, 3.63) is 145 Å². The number of pyridine rings is 2. The van der Waals surface area contributed by atoms with Crippen molar-refractivity contribution in [1.82, 2.24) is 9.97 Å². The fourth-order valence-electron chi connectivity index (χ4n) is 5.91. The number of benzene rings is 6. The molecule has 0 unspecified atom stereocenters. The summed E-state index contributed by atoms with van der Waals surface area (Å²) in [5.41, 5.74) is 9.06. The van der Waals surface area contributed by atoms with Crippen molar-refractivity contribution < 1.29 is 0 Å². The molecule has 0 radical (unpaired) electrons. The van der Waals surface area contributed by atoms with E-state index in [2.05, 4.69) is 114 Å². The molecule has 0 saturated heterocycles. The maximum absolute atomic E-state index is 9.17. The van der Waals surface area contributed by atoms with Crippen LogP contribution in [0.4, 0.5) is 0 Å². The highest BCUT2D eigenvalue weighted by Gasteiger charge is 2.12. The van der Waals surface area contributed by atoms with Gasteiger partial charge >= 0.3 is 0 Å². The maximum atomic E-state index is 9.17. The van der Waals surface area contributed by atoms with Gasteiger partial charge in [0.25, 0.3) is 0 Å². The molecule has 6 aromatic carbocycles. The van der Waals surface area contributed by atoms with Gasteiger partial charge in [0, 0.05) is 22.5 Å². The average Bonchev–Trinajstić information content (AvgIpc) is 3.07. The Bertz CT molecular complexity index is 2360. The first kappa shape index (κ1) is 24.0. The fourth-order valence-corrected chi connectivity index (χ4v) is 5.91. The highest BCUT2D eigenvalue weighted by Crippen LogP contribution is 2.36. The van der Waals surface area contributed by atoms with Gasteiger partial charge in [-0.1, -0.05) is 84.9 Å². The molecule has 3 heteroatoms. The Morgan fingerprint density at radius 1 is 0.476 bits per heavy atom. The Morgan fingerprint density at radius 3 is 1.93 bits per heavy atom. The number of hydrogen-bond donors (Lipinski definition) is 0. The summed E-state index contributed by atoms with van der Waals surface area (Å²) in [4.78, 5) is 9.84. The lowest BCUT2D eigenvalue weighted by atomic mass is 9.93. The number of nitriles is 1. The fraction of sp³-hybridized carbons (Fsp3) is 0. The van der Waals surface area contributed by atoms with E-state index in [1.54, 1.807) is 0 Å². The van der Waals surface area contributed by atoms with E-state index in [0.717, 1.165) is 55.3 Å². The van der Waals surface area contributed by atoms with E-state index >= 15 is 0 Å². The maximum Gasteiger partial charge on any atom is 0.0991 e. The lowest BCUT2D eigenvalue weighted by molar-refractivity contribution is 1.37. The van der Waals surface area contributed by atoms with Crippen LogP contribution in [0.3, 0.4) is 0 Å². The van der Waals surface area contributed by atoms with E-state index in [1.165, 1.54) is 21.5 Å². The highest BCUT2D eigenvalue weighted by atomic mass is 14.8. The van der Waals surface area contributed by atoms with Gasteiger partial charge in [0.2, 0.25) is 0 Å². The predicted molar refractivity (Wildman–Crippen MR) is 173 cm³/mol. The van der Waals surface area contributed by atoms with Crippen LogP contribution in [-0.2, 0) is 0 Å². The Balaban J connectivity index is 1.29. The molecule has 0 spiro atoms. The third-order valence-electron chi connectivity index (χ3n) is 8.09. The van der Waals surface area contributed by atoms with Crippen molar-refractivity contribution in [2.75, 3.05) is 0 Å². The van der Waals surface area contributed by atoms with Gasteiger partial charge in [0.1, 0.15) is 0 Å². The molecule has 8 aromatic rings. The Labute approximate surface area is 243 Å². The van der Waals surface area contributed by atoms with E-state index in [1.807, 2.05) is 36.5 Å². The monoisotopic (exact) mass is 533 g/mol. The molecule has 0 aliphatic rings. The molecular weight excluding hydrogens is 510 g/mol. The lowest BCUT2D eigenvalue weighted by Gasteiger charge is -2.13. The lowest BCUT2D eigenvalue weighted by Crippen LogP contribution is -1.91. The molecule has 0 amide bonds. The Hall–Kier alpha value is -5.85. The van der Waals surface area contributed by atoms with Gasteiger partial charge in [-0.3, -0.25) is 4.98 Å². The average molecular weight is 534 g/mol. The topological polar surface area (TPSA) is 49.6 Å². The molecule has 0 fully saturated rings. The molecule has 2 heterocycles. The zero-order valence-corrected chi connectivity index (χ0v) is 22.6. The van der Waals surface area contributed by atoms with Crippen molar-refractivity contribution in [3.8, 4) is 39.6 Å². The molecule has 0 saturated carbocycles. The number of rotatable bonds is 3.